The Morgan fingerprint density at radius 1 is 1.47 bits per heavy atom. The monoisotopic (exact) mass is 215 g/mol. The van der Waals surface area contributed by atoms with Gasteiger partial charge in [0.05, 0.1) is 6.04 Å². The molecule has 1 aliphatic rings. The SMILES string of the molecule is CN1CC(N)C(NC(=O)OC(C)(C)C)C1. The molecule has 0 saturated carbocycles. The lowest BCUT2D eigenvalue weighted by Gasteiger charge is -2.22. The highest BCUT2D eigenvalue weighted by Crippen LogP contribution is 2.09. The molecular weight excluding hydrogens is 194 g/mol. The van der Waals surface area contributed by atoms with Crippen LogP contribution in [0.4, 0.5) is 4.79 Å². The van der Waals surface area contributed by atoms with Gasteiger partial charge in [-0.15, -0.1) is 0 Å². The molecule has 1 amide bonds. The van der Waals surface area contributed by atoms with Crippen LogP contribution < -0.4 is 11.1 Å². The summed E-state index contributed by atoms with van der Waals surface area (Å²) in [6.45, 7) is 7.11. The lowest BCUT2D eigenvalue weighted by Crippen LogP contribution is -2.48. The van der Waals surface area contributed by atoms with Gasteiger partial charge >= 0.3 is 6.09 Å². The maximum absolute atomic E-state index is 11.5. The van der Waals surface area contributed by atoms with Crippen molar-refractivity contribution < 1.29 is 9.53 Å². The van der Waals surface area contributed by atoms with Crippen molar-refractivity contribution in [3.63, 3.8) is 0 Å². The first-order chi connectivity index (χ1) is 6.78. The molecule has 1 heterocycles. The summed E-state index contributed by atoms with van der Waals surface area (Å²) in [5.41, 5.74) is 5.41. The van der Waals surface area contributed by atoms with E-state index >= 15 is 0 Å². The third-order valence-corrected chi connectivity index (χ3v) is 2.25. The van der Waals surface area contributed by atoms with Crippen molar-refractivity contribution in [3.8, 4) is 0 Å². The van der Waals surface area contributed by atoms with Gasteiger partial charge in [-0.1, -0.05) is 0 Å². The van der Waals surface area contributed by atoms with Gasteiger partial charge in [0, 0.05) is 19.1 Å². The fourth-order valence-electron chi connectivity index (χ4n) is 1.64. The smallest absolute Gasteiger partial charge is 0.407 e. The number of amides is 1. The molecular formula is C10H21N3O2. The van der Waals surface area contributed by atoms with E-state index in [0.717, 1.165) is 13.1 Å². The first-order valence-electron chi connectivity index (χ1n) is 5.21. The number of hydrogen-bond donors (Lipinski definition) is 2. The lowest BCUT2D eigenvalue weighted by atomic mass is 10.2. The molecule has 0 aromatic carbocycles. The molecule has 0 aliphatic carbocycles. The van der Waals surface area contributed by atoms with Crippen LogP contribution in [0.1, 0.15) is 20.8 Å². The highest BCUT2D eigenvalue weighted by molar-refractivity contribution is 5.68. The molecule has 0 bridgehead atoms. The summed E-state index contributed by atoms with van der Waals surface area (Å²) in [5, 5.41) is 2.79. The van der Waals surface area contributed by atoms with Crippen molar-refractivity contribution in [3.05, 3.63) is 0 Å². The summed E-state index contributed by atoms with van der Waals surface area (Å²) in [5.74, 6) is 0. The number of hydrogen-bond acceptors (Lipinski definition) is 4. The second-order valence-electron chi connectivity index (χ2n) is 5.14. The number of alkyl carbamates (subject to hydrolysis) is 1. The van der Waals surface area contributed by atoms with E-state index in [0.29, 0.717) is 0 Å². The van der Waals surface area contributed by atoms with Crippen molar-refractivity contribution in [1.82, 2.24) is 10.2 Å². The van der Waals surface area contributed by atoms with Crippen LogP contribution in [0.25, 0.3) is 0 Å². The zero-order valence-electron chi connectivity index (χ0n) is 9.91. The maximum Gasteiger partial charge on any atom is 0.407 e. The lowest BCUT2D eigenvalue weighted by molar-refractivity contribution is 0.0503. The molecule has 5 heteroatoms. The number of nitrogens with two attached hydrogens (primary N) is 1. The first kappa shape index (κ1) is 12.3. The van der Waals surface area contributed by atoms with E-state index in [-0.39, 0.29) is 12.1 Å². The minimum Gasteiger partial charge on any atom is -0.444 e. The van der Waals surface area contributed by atoms with Gasteiger partial charge in [0.25, 0.3) is 0 Å². The van der Waals surface area contributed by atoms with Crippen molar-refractivity contribution in [1.29, 1.82) is 0 Å². The van der Waals surface area contributed by atoms with E-state index in [1.54, 1.807) is 0 Å². The maximum atomic E-state index is 11.5. The van der Waals surface area contributed by atoms with Crippen LogP contribution in [0.2, 0.25) is 0 Å². The molecule has 1 saturated heterocycles. The van der Waals surface area contributed by atoms with Gasteiger partial charge in [0.2, 0.25) is 0 Å². The summed E-state index contributed by atoms with van der Waals surface area (Å²) in [4.78, 5) is 13.5. The van der Waals surface area contributed by atoms with Gasteiger partial charge in [0.15, 0.2) is 0 Å². The molecule has 0 aromatic rings. The molecule has 1 aliphatic heterocycles. The third kappa shape index (κ3) is 4.05. The number of ether oxygens (including phenoxy) is 1. The molecule has 3 N–H and O–H groups in total. The van der Waals surface area contributed by atoms with Crippen LogP contribution in [0, 0.1) is 0 Å². The summed E-state index contributed by atoms with van der Waals surface area (Å²) in [6, 6.07) is -0.0210. The minimum atomic E-state index is -0.460. The molecule has 1 fully saturated rings. The van der Waals surface area contributed by atoms with E-state index in [1.165, 1.54) is 0 Å². The van der Waals surface area contributed by atoms with Gasteiger partial charge in [0.1, 0.15) is 5.60 Å². The topological polar surface area (TPSA) is 67.6 Å². The van der Waals surface area contributed by atoms with Crippen LogP contribution in [0.5, 0.6) is 0 Å². The Bertz CT molecular complexity index is 237. The summed E-state index contributed by atoms with van der Waals surface area (Å²) in [6.07, 6.45) is -0.391. The van der Waals surface area contributed by atoms with Crippen molar-refractivity contribution in [2.45, 2.75) is 38.5 Å². The average Bonchev–Trinajstić information content (AvgIpc) is 2.25. The zero-order chi connectivity index (χ0) is 11.6. The number of carbonyl (C=O) groups excluding carboxylic acids is 1. The van der Waals surface area contributed by atoms with Gasteiger partial charge in [-0.05, 0) is 27.8 Å². The molecule has 15 heavy (non-hydrogen) atoms. The Labute approximate surface area is 90.9 Å². The van der Waals surface area contributed by atoms with Crippen molar-refractivity contribution in [2.24, 2.45) is 5.73 Å². The van der Waals surface area contributed by atoms with E-state index in [9.17, 15) is 4.79 Å². The molecule has 88 valence electrons. The van der Waals surface area contributed by atoms with Gasteiger partial charge < -0.3 is 20.7 Å². The Hall–Kier alpha value is -0.810. The Morgan fingerprint density at radius 3 is 2.47 bits per heavy atom. The Balaban J connectivity index is 2.39. The number of likely N-dealkylation sites (tertiary alicyclic amines) is 1. The van der Waals surface area contributed by atoms with Crippen LogP contribution in [0.3, 0.4) is 0 Å². The summed E-state index contributed by atoms with van der Waals surface area (Å²) in [7, 11) is 1.98. The van der Waals surface area contributed by atoms with Gasteiger partial charge in [-0.2, -0.15) is 0 Å². The predicted molar refractivity (Wildman–Crippen MR) is 58.6 cm³/mol. The fourth-order valence-corrected chi connectivity index (χ4v) is 1.64. The number of nitrogens with one attached hydrogen (secondary N) is 1. The number of likely N-dealkylation sites (N-methyl/N-ethyl adjacent to an activating group) is 1. The second kappa shape index (κ2) is 4.37. The average molecular weight is 215 g/mol. The van der Waals surface area contributed by atoms with Crippen LogP contribution >= 0.6 is 0 Å². The molecule has 1 rings (SSSR count). The normalized spacial score (nSPS) is 27.8. The highest BCUT2D eigenvalue weighted by atomic mass is 16.6. The van der Waals surface area contributed by atoms with E-state index in [4.69, 9.17) is 10.5 Å². The quantitative estimate of drug-likeness (QED) is 0.653. The van der Waals surface area contributed by atoms with Gasteiger partial charge in [-0.25, -0.2) is 4.79 Å². The molecule has 2 unspecified atom stereocenters. The van der Waals surface area contributed by atoms with Crippen molar-refractivity contribution in [2.75, 3.05) is 20.1 Å². The van der Waals surface area contributed by atoms with Gasteiger partial charge in [-0.3, -0.25) is 0 Å². The standard InChI is InChI=1S/C10H21N3O2/c1-10(2,3)15-9(14)12-8-6-13(4)5-7(8)11/h7-8H,5-6,11H2,1-4H3,(H,12,14). The van der Waals surface area contributed by atoms with Crippen LogP contribution in [-0.4, -0.2) is 48.8 Å². The zero-order valence-corrected chi connectivity index (χ0v) is 9.91. The second-order valence-corrected chi connectivity index (χ2v) is 5.14. The molecule has 0 radical (unpaired) electrons. The van der Waals surface area contributed by atoms with Crippen LogP contribution in [-0.2, 0) is 4.74 Å². The largest absolute Gasteiger partial charge is 0.444 e. The van der Waals surface area contributed by atoms with E-state index in [2.05, 4.69) is 10.2 Å². The Morgan fingerprint density at radius 2 is 2.07 bits per heavy atom. The highest BCUT2D eigenvalue weighted by Gasteiger charge is 2.30. The van der Waals surface area contributed by atoms with Crippen LogP contribution in [0.15, 0.2) is 0 Å². The predicted octanol–water partition coefficient (Wildman–Crippen LogP) is 0.152. The van der Waals surface area contributed by atoms with Crippen molar-refractivity contribution >= 4 is 6.09 Å². The number of rotatable bonds is 1. The summed E-state index contributed by atoms with van der Waals surface area (Å²) >= 11 is 0. The molecule has 2 atom stereocenters. The number of nitrogens with zero attached hydrogens (tertiary/aromatic N) is 1. The minimum absolute atomic E-state index is 0.00940. The molecule has 0 aromatic heterocycles. The number of carbonyl (C=O) groups is 1. The van der Waals surface area contributed by atoms with E-state index in [1.807, 2.05) is 27.8 Å². The first-order valence-corrected chi connectivity index (χ1v) is 5.21. The van der Waals surface area contributed by atoms with E-state index < -0.39 is 11.7 Å². The summed E-state index contributed by atoms with van der Waals surface area (Å²) < 4.78 is 5.16. The fraction of sp³-hybridized carbons (Fsp3) is 0.900. The Kier molecular flexibility index (Phi) is 3.57. The molecule has 0 spiro atoms. The molecule has 5 nitrogen and oxygen atoms in total. The third-order valence-electron chi connectivity index (χ3n) is 2.25.